The number of rotatable bonds is 5. The van der Waals surface area contributed by atoms with Crippen LogP contribution in [0.2, 0.25) is 5.02 Å². The van der Waals surface area contributed by atoms with E-state index in [2.05, 4.69) is 26.5 Å². The van der Waals surface area contributed by atoms with Crippen LogP contribution in [0.1, 0.15) is 11.1 Å². The number of hydrogen-bond acceptors (Lipinski definition) is 2. The summed E-state index contributed by atoms with van der Waals surface area (Å²) in [7, 11) is 0. The first-order valence-corrected chi connectivity index (χ1v) is 7.79. The van der Waals surface area contributed by atoms with E-state index in [0.29, 0.717) is 5.02 Å². The van der Waals surface area contributed by atoms with E-state index in [1.807, 2.05) is 48.5 Å². The van der Waals surface area contributed by atoms with Crippen LogP contribution in [0.25, 0.3) is 6.08 Å². The Morgan fingerprint density at radius 2 is 1.82 bits per heavy atom. The van der Waals surface area contributed by atoms with Gasteiger partial charge in [-0.05, 0) is 45.3 Å². The fourth-order valence-corrected chi connectivity index (χ4v) is 2.23. The molecule has 1 amide bonds. The van der Waals surface area contributed by atoms with Crippen molar-refractivity contribution in [3.8, 4) is 0 Å². The van der Waals surface area contributed by atoms with Crippen molar-refractivity contribution in [3.63, 3.8) is 0 Å². The molecule has 0 aliphatic carbocycles. The highest BCUT2D eigenvalue weighted by atomic mass is 79.9. The van der Waals surface area contributed by atoms with Crippen LogP contribution < -0.4 is 5.43 Å². The predicted octanol–water partition coefficient (Wildman–Crippen LogP) is 4.42. The molecular formula is C17H14BrClN2O. The first kappa shape index (κ1) is 16.5. The predicted molar refractivity (Wildman–Crippen MR) is 95.1 cm³/mol. The molecule has 0 saturated carbocycles. The number of hydrogen-bond donors (Lipinski definition) is 1. The summed E-state index contributed by atoms with van der Waals surface area (Å²) in [6.45, 7) is 0. The van der Waals surface area contributed by atoms with Gasteiger partial charge in [-0.1, -0.05) is 54.1 Å². The zero-order valence-electron chi connectivity index (χ0n) is 11.7. The van der Waals surface area contributed by atoms with Gasteiger partial charge in [0.15, 0.2) is 0 Å². The van der Waals surface area contributed by atoms with Gasteiger partial charge in [-0.15, -0.1) is 0 Å². The lowest BCUT2D eigenvalue weighted by Crippen LogP contribution is -2.19. The Bertz CT molecular complexity index is 682. The molecule has 1 N–H and O–H groups in total. The van der Waals surface area contributed by atoms with Gasteiger partial charge >= 0.3 is 0 Å². The third-order valence-electron chi connectivity index (χ3n) is 2.76. The Kier molecular flexibility index (Phi) is 6.37. The first-order valence-electron chi connectivity index (χ1n) is 6.62. The lowest BCUT2D eigenvalue weighted by Gasteiger charge is -2.00. The third-order valence-corrected chi connectivity index (χ3v) is 3.44. The Morgan fingerprint density at radius 1 is 1.14 bits per heavy atom. The molecule has 22 heavy (non-hydrogen) atoms. The van der Waals surface area contributed by atoms with E-state index in [1.165, 1.54) is 0 Å². The minimum Gasteiger partial charge on any atom is -0.273 e. The first-order chi connectivity index (χ1) is 10.6. The number of carbonyl (C=O) groups is 1. The highest BCUT2D eigenvalue weighted by molar-refractivity contribution is 9.12. The molecule has 0 bridgehead atoms. The minimum absolute atomic E-state index is 0.182. The highest BCUT2D eigenvalue weighted by Gasteiger charge is 2.01. The van der Waals surface area contributed by atoms with Gasteiger partial charge in [0.1, 0.15) is 0 Å². The number of benzene rings is 2. The van der Waals surface area contributed by atoms with Crippen LogP contribution in [-0.2, 0) is 11.2 Å². The maximum atomic E-state index is 11.7. The lowest BCUT2D eigenvalue weighted by molar-refractivity contribution is -0.120. The van der Waals surface area contributed by atoms with E-state index in [-0.39, 0.29) is 12.3 Å². The van der Waals surface area contributed by atoms with Crippen molar-refractivity contribution in [2.75, 3.05) is 0 Å². The zero-order valence-corrected chi connectivity index (χ0v) is 14.0. The molecule has 3 nitrogen and oxygen atoms in total. The number of hydrazone groups is 1. The van der Waals surface area contributed by atoms with Crippen molar-refractivity contribution in [1.82, 2.24) is 5.43 Å². The molecule has 0 heterocycles. The molecule has 112 valence electrons. The van der Waals surface area contributed by atoms with E-state index < -0.39 is 0 Å². The molecule has 0 unspecified atom stereocenters. The molecule has 0 radical (unpaired) electrons. The van der Waals surface area contributed by atoms with Gasteiger partial charge in [0, 0.05) is 9.51 Å². The number of nitrogens with zero attached hydrogens (tertiary/aromatic N) is 1. The average Bonchev–Trinajstić information content (AvgIpc) is 2.50. The van der Waals surface area contributed by atoms with Crippen molar-refractivity contribution in [2.24, 2.45) is 5.10 Å². The molecule has 0 atom stereocenters. The van der Waals surface area contributed by atoms with Gasteiger partial charge < -0.3 is 0 Å². The summed E-state index contributed by atoms with van der Waals surface area (Å²) in [5, 5.41) is 4.57. The molecule has 0 aromatic heterocycles. The van der Waals surface area contributed by atoms with Gasteiger partial charge in [0.25, 0.3) is 0 Å². The van der Waals surface area contributed by atoms with Gasteiger partial charge in [-0.2, -0.15) is 5.10 Å². The second-order valence-corrected chi connectivity index (χ2v) is 5.89. The molecule has 0 saturated heterocycles. The van der Waals surface area contributed by atoms with Crippen LogP contribution in [0.5, 0.6) is 0 Å². The van der Waals surface area contributed by atoms with Crippen LogP contribution in [-0.4, -0.2) is 12.1 Å². The summed E-state index contributed by atoms with van der Waals surface area (Å²) >= 11 is 9.18. The average molecular weight is 378 g/mol. The third kappa shape index (κ3) is 5.84. The Hall–Kier alpha value is -1.91. The maximum absolute atomic E-state index is 11.7. The number of allylic oxidation sites excluding steroid dienone is 1. The summed E-state index contributed by atoms with van der Waals surface area (Å²) in [5.74, 6) is -0.182. The van der Waals surface area contributed by atoms with Crippen molar-refractivity contribution in [2.45, 2.75) is 6.42 Å². The largest absolute Gasteiger partial charge is 0.273 e. The standard InChI is InChI=1S/C17H14BrClN2O/c18-15(10-13-4-2-1-3-5-13)12-20-21-17(22)11-14-6-8-16(19)9-7-14/h1-10,12H,11H2,(H,21,22). The number of halogens is 2. The summed E-state index contributed by atoms with van der Waals surface area (Å²) in [6.07, 6.45) is 3.72. The topological polar surface area (TPSA) is 41.5 Å². The minimum atomic E-state index is -0.182. The molecule has 2 aromatic carbocycles. The van der Waals surface area contributed by atoms with Crippen LogP contribution in [0.4, 0.5) is 0 Å². The maximum Gasteiger partial charge on any atom is 0.244 e. The van der Waals surface area contributed by atoms with Gasteiger partial charge in [0.05, 0.1) is 12.6 Å². The summed E-state index contributed by atoms with van der Waals surface area (Å²) in [4.78, 5) is 11.7. The molecule has 0 spiro atoms. The quantitative estimate of drug-likeness (QED) is 0.608. The molecule has 2 rings (SSSR count). The monoisotopic (exact) mass is 376 g/mol. The smallest absolute Gasteiger partial charge is 0.244 e. The molecular weight excluding hydrogens is 364 g/mol. The van der Waals surface area contributed by atoms with Crippen molar-refractivity contribution < 1.29 is 4.79 Å². The Balaban J connectivity index is 1.85. The van der Waals surface area contributed by atoms with Crippen molar-refractivity contribution >= 4 is 45.7 Å². The molecule has 0 aliphatic heterocycles. The summed E-state index contributed by atoms with van der Waals surface area (Å²) in [6, 6.07) is 17.0. The number of carbonyl (C=O) groups excluding carboxylic acids is 1. The van der Waals surface area contributed by atoms with Gasteiger partial charge in [-0.3, -0.25) is 4.79 Å². The van der Waals surface area contributed by atoms with Crippen LogP contribution >= 0.6 is 27.5 Å². The summed E-state index contributed by atoms with van der Waals surface area (Å²) in [5.41, 5.74) is 4.42. The fourth-order valence-electron chi connectivity index (χ4n) is 1.74. The molecule has 5 heteroatoms. The molecule has 0 fully saturated rings. The SMILES string of the molecule is O=C(Cc1ccc(Cl)cc1)NN=CC(Br)=Cc1ccccc1. The van der Waals surface area contributed by atoms with E-state index in [1.54, 1.807) is 18.3 Å². The van der Waals surface area contributed by atoms with Crippen molar-refractivity contribution in [3.05, 3.63) is 75.2 Å². The normalized spacial score (nSPS) is 11.6. The summed E-state index contributed by atoms with van der Waals surface area (Å²) < 4.78 is 0.769. The number of amides is 1. The van der Waals surface area contributed by atoms with Crippen LogP contribution in [0, 0.1) is 0 Å². The lowest BCUT2D eigenvalue weighted by atomic mass is 10.1. The van der Waals surface area contributed by atoms with Crippen molar-refractivity contribution in [1.29, 1.82) is 0 Å². The Morgan fingerprint density at radius 3 is 2.50 bits per heavy atom. The second kappa shape index (κ2) is 8.51. The fraction of sp³-hybridized carbons (Fsp3) is 0.0588. The van der Waals surface area contributed by atoms with Gasteiger partial charge in [0.2, 0.25) is 5.91 Å². The van der Waals surface area contributed by atoms with E-state index in [0.717, 1.165) is 15.6 Å². The van der Waals surface area contributed by atoms with Gasteiger partial charge in [-0.25, -0.2) is 5.43 Å². The second-order valence-electron chi connectivity index (χ2n) is 4.54. The Labute approximate surface area is 142 Å². The zero-order chi connectivity index (χ0) is 15.8. The number of nitrogens with one attached hydrogen (secondary N) is 1. The van der Waals surface area contributed by atoms with E-state index in [4.69, 9.17) is 11.6 Å². The highest BCUT2D eigenvalue weighted by Crippen LogP contribution is 2.11. The molecule has 2 aromatic rings. The van der Waals surface area contributed by atoms with Crippen LogP contribution in [0.15, 0.2) is 64.2 Å². The van der Waals surface area contributed by atoms with E-state index >= 15 is 0 Å². The van der Waals surface area contributed by atoms with Crippen LogP contribution in [0.3, 0.4) is 0 Å². The molecule has 0 aliphatic rings. The van der Waals surface area contributed by atoms with E-state index in [9.17, 15) is 4.79 Å².